The van der Waals surface area contributed by atoms with E-state index in [1.165, 1.54) is 4.90 Å². The highest BCUT2D eigenvalue weighted by molar-refractivity contribution is 7.11. The van der Waals surface area contributed by atoms with E-state index in [-0.39, 0.29) is 17.5 Å². The van der Waals surface area contributed by atoms with Crippen LogP contribution in [-0.2, 0) is 23.9 Å². The molecular weight excluding hydrogens is 375 g/mol. The maximum Gasteiger partial charge on any atom is 0.445 e. The van der Waals surface area contributed by atoms with Crippen molar-refractivity contribution in [1.29, 1.82) is 0 Å². The van der Waals surface area contributed by atoms with Gasteiger partial charge < -0.3 is 4.90 Å². The second kappa shape index (κ2) is 8.14. The number of aromatic nitrogens is 2. The molecule has 0 fully saturated rings. The molecule has 2 aromatic rings. The average Bonchev–Trinajstić information content (AvgIpc) is 3.07. The van der Waals surface area contributed by atoms with Crippen molar-refractivity contribution in [3.05, 3.63) is 39.8 Å². The van der Waals surface area contributed by atoms with Crippen LogP contribution in [-0.4, -0.2) is 21.5 Å². The summed E-state index contributed by atoms with van der Waals surface area (Å²) in [5, 5.41) is 5.06. The summed E-state index contributed by atoms with van der Waals surface area (Å²) in [6, 6.07) is 7.23. The molecule has 1 atom stereocenters. The van der Waals surface area contributed by atoms with Gasteiger partial charge in [0.25, 0.3) is 0 Å². The number of carbonyl (C=O) groups excluding carboxylic acids is 1. The van der Waals surface area contributed by atoms with Crippen molar-refractivity contribution in [1.82, 2.24) is 10.2 Å². The topological polar surface area (TPSA) is 46.1 Å². The van der Waals surface area contributed by atoms with E-state index in [4.69, 9.17) is 11.6 Å². The van der Waals surface area contributed by atoms with E-state index in [0.29, 0.717) is 29.9 Å². The zero-order valence-corrected chi connectivity index (χ0v) is 15.3. The molecule has 1 aromatic carbocycles. The predicted molar refractivity (Wildman–Crippen MR) is 91.9 cm³/mol. The maximum absolute atomic E-state index is 12.7. The van der Waals surface area contributed by atoms with Gasteiger partial charge in [-0.3, -0.25) is 4.79 Å². The van der Waals surface area contributed by atoms with Gasteiger partial charge in [-0.1, -0.05) is 43.4 Å². The largest absolute Gasteiger partial charge is 0.445 e. The molecule has 1 amide bonds. The Labute approximate surface area is 152 Å². The molecule has 0 saturated carbocycles. The molecule has 0 N–H and O–H groups in total. The molecule has 0 saturated heterocycles. The van der Waals surface area contributed by atoms with E-state index in [0.717, 1.165) is 5.56 Å². The third-order valence-electron chi connectivity index (χ3n) is 3.56. The highest BCUT2D eigenvalue weighted by Gasteiger charge is 2.36. The lowest BCUT2D eigenvalue weighted by Gasteiger charge is -2.26. The third kappa shape index (κ3) is 4.70. The fraction of sp³-hybridized carbons (Fsp3) is 0.438. The number of amides is 1. The molecule has 2 rings (SSSR count). The summed E-state index contributed by atoms with van der Waals surface area (Å²) in [4.78, 5) is 14.1. The van der Waals surface area contributed by atoms with Gasteiger partial charge in [-0.2, -0.15) is 13.2 Å². The van der Waals surface area contributed by atoms with Crippen LogP contribution in [0.4, 0.5) is 18.9 Å². The number of anilines is 1. The van der Waals surface area contributed by atoms with Gasteiger partial charge in [-0.05, 0) is 24.5 Å². The van der Waals surface area contributed by atoms with Crippen LogP contribution in [0, 0.1) is 0 Å². The highest BCUT2D eigenvalue weighted by atomic mass is 35.5. The Morgan fingerprint density at radius 3 is 2.52 bits per heavy atom. The van der Waals surface area contributed by atoms with Crippen LogP contribution in [0.5, 0.6) is 0 Å². The van der Waals surface area contributed by atoms with Crippen LogP contribution in [0.3, 0.4) is 0 Å². The average molecular weight is 392 g/mol. The minimum Gasteiger partial charge on any atom is -0.304 e. The number of halogens is 4. The van der Waals surface area contributed by atoms with Gasteiger partial charge in [0.05, 0.1) is 6.54 Å². The first kappa shape index (κ1) is 19.7. The SMILES string of the molecule is CCc1ccccc1N(Cc1nnc(C(F)(F)F)s1)C(=O)C(Cl)CC. The molecule has 0 aliphatic carbocycles. The van der Waals surface area contributed by atoms with Crippen molar-refractivity contribution in [3.8, 4) is 0 Å². The van der Waals surface area contributed by atoms with Crippen LogP contribution >= 0.6 is 22.9 Å². The summed E-state index contributed by atoms with van der Waals surface area (Å²) in [5.41, 5.74) is 1.52. The molecule has 4 nitrogen and oxygen atoms in total. The highest BCUT2D eigenvalue weighted by Crippen LogP contribution is 2.33. The molecule has 1 aromatic heterocycles. The van der Waals surface area contributed by atoms with E-state index in [1.54, 1.807) is 19.1 Å². The predicted octanol–water partition coefficient (Wildman–Crippen LogP) is 4.67. The van der Waals surface area contributed by atoms with Gasteiger partial charge in [-0.15, -0.1) is 21.8 Å². The Morgan fingerprint density at radius 2 is 1.96 bits per heavy atom. The first-order valence-corrected chi connectivity index (χ1v) is 8.96. The van der Waals surface area contributed by atoms with E-state index < -0.39 is 16.6 Å². The van der Waals surface area contributed by atoms with Gasteiger partial charge in [0.1, 0.15) is 10.4 Å². The lowest BCUT2D eigenvalue weighted by atomic mass is 10.1. The maximum atomic E-state index is 12.7. The van der Waals surface area contributed by atoms with Crippen molar-refractivity contribution in [2.75, 3.05) is 4.90 Å². The summed E-state index contributed by atoms with van der Waals surface area (Å²) < 4.78 is 38.2. The van der Waals surface area contributed by atoms with Crippen molar-refractivity contribution >= 4 is 34.5 Å². The van der Waals surface area contributed by atoms with E-state index in [2.05, 4.69) is 10.2 Å². The van der Waals surface area contributed by atoms with Gasteiger partial charge >= 0.3 is 6.18 Å². The molecule has 1 heterocycles. The standard InChI is InChI=1S/C16H17ClF3N3OS/c1-3-10-7-5-6-8-12(10)23(14(24)11(17)4-2)9-13-21-22-15(25-13)16(18,19)20/h5-8,11H,3-4,9H2,1-2H3. The monoisotopic (exact) mass is 391 g/mol. The Bertz CT molecular complexity index is 735. The molecule has 136 valence electrons. The summed E-state index contributed by atoms with van der Waals surface area (Å²) in [6.07, 6.45) is -3.47. The van der Waals surface area contributed by atoms with Gasteiger partial charge in [0.15, 0.2) is 0 Å². The van der Waals surface area contributed by atoms with E-state index in [9.17, 15) is 18.0 Å². The lowest BCUT2D eigenvalue weighted by Crippen LogP contribution is -2.36. The third-order valence-corrected chi connectivity index (χ3v) is 5.01. The van der Waals surface area contributed by atoms with Crippen LogP contribution in [0.2, 0.25) is 0 Å². The van der Waals surface area contributed by atoms with Gasteiger partial charge in [0.2, 0.25) is 10.9 Å². The van der Waals surface area contributed by atoms with E-state index in [1.807, 2.05) is 19.1 Å². The molecule has 0 spiro atoms. The number of alkyl halides is 4. The summed E-state index contributed by atoms with van der Waals surface area (Å²) in [5.74, 6) is -0.367. The molecule has 0 aliphatic rings. The first-order valence-electron chi connectivity index (χ1n) is 7.70. The molecule has 25 heavy (non-hydrogen) atoms. The first-order chi connectivity index (χ1) is 11.8. The zero-order chi connectivity index (χ0) is 18.6. The number of nitrogens with zero attached hydrogens (tertiary/aromatic N) is 3. The Hall–Kier alpha value is -1.67. The van der Waals surface area contributed by atoms with Crippen molar-refractivity contribution < 1.29 is 18.0 Å². The quantitative estimate of drug-likeness (QED) is 0.672. The molecule has 0 bridgehead atoms. The van der Waals surface area contributed by atoms with Crippen molar-refractivity contribution in [2.45, 2.75) is 44.8 Å². The normalized spacial score (nSPS) is 12.9. The number of hydrogen-bond donors (Lipinski definition) is 0. The van der Waals surface area contributed by atoms with Crippen LogP contribution in [0.15, 0.2) is 24.3 Å². The second-order valence-corrected chi connectivity index (χ2v) is 6.87. The van der Waals surface area contributed by atoms with Gasteiger partial charge in [-0.25, -0.2) is 0 Å². The molecule has 0 aliphatic heterocycles. The lowest BCUT2D eigenvalue weighted by molar-refractivity contribution is -0.138. The minimum absolute atomic E-state index is 0.103. The number of aryl methyl sites for hydroxylation is 1. The molecule has 0 radical (unpaired) electrons. The second-order valence-electron chi connectivity index (χ2n) is 5.28. The summed E-state index contributed by atoms with van der Waals surface area (Å²) in [7, 11) is 0. The van der Waals surface area contributed by atoms with Gasteiger partial charge in [0, 0.05) is 5.69 Å². The summed E-state index contributed by atoms with van der Waals surface area (Å²) >= 11 is 6.52. The van der Waals surface area contributed by atoms with Crippen LogP contribution < -0.4 is 4.90 Å². The fourth-order valence-electron chi connectivity index (χ4n) is 2.27. The Morgan fingerprint density at radius 1 is 1.28 bits per heavy atom. The number of para-hydroxylation sites is 1. The fourth-order valence-corrected chi connectivity index (χ4v) is 3.08. The van der Waals surface area contributed by atoms with Crippen LogP contribution in [0.25, 0.3) is 0 Å². The zero-order valence-electron chi connectivity index (χ0n) is 13.7. The Kier molecular flexibility index (Phi) is 6.40. The van der Waals surface area contributed by atoms with Crippen molar-refractivity contribution in [3.63, 3.8) is 0 Å². The molecule has 9 heteroatoms. The number of rotatable bonds is 6. The summed E-state index contributed by atoms with van der Waals surface area (Å²) in [6.45, 7) is 3.60. The van der Waals surface area contributed by atoms with Crippen molar-refractivity contribution in [2.24, 2.45) is 0 Å². The minimum atomic E-state index is -4.55. The molecule has 1 unspecified atom stereocenters. The van der Waals surface area contributed by atoms with E-state index >= 15 is 0 Å². The Balaban J connectivity index is 2.38. The molecular formula is C16H17ClF3N3OS. The number of carbonyl (C=O) groups is 1. The number of benzene rings is 1. The number of hydrogen-bond acceptors (Lipinski definition) is 4. The van der Waals surface area contributed by atoms with Crippen LogP contribution in [0.1, 0.15) is 35.8 Å². The smallest absolute Gasteiger partial charge is 0.304 e.